The molecule has 0 N–H and O–H groups in total. The predicted molar refractivity (Wildman–Crippen MR) is 56.8 cm³/mol. The minimum absolute atomic E-state index is 0.271. The quantitative estimate of drug-likeness (QED) is 0.713. The highest BCUT2D eigenvalue weighted by Gasteiger charge is 2.23. The molecule has 0 spiro atoms. The van der Waals surface area contributed by atoms with E-state index in [-0.39, 0.29) is 6.10 Å². The van der Waals surface area contributed by atoms with Crippen LogP contribution in [0.4, 0.5) is 0 Å². The van der Waals surface area contributed by atoms with E-state index in [0.29, 0.717) is 11.6 Å². The van der Waals surface area contributed by atoms with Crippen molar-refractivity contribution in [3.8, 4) is 5.75 Å². The summed E-state index contributed by atoms with van der Waals surface area (Å²) in [4.78, 5) is 0. The first-order valence-electron chi connectivity index (χ1n) is 4.46. The molecule has 1 unspecified atom stereocenters. The van der Waals surface area contributed by atoms with Gasteiger partial charge in [0.05, 0.1) is 11.6 Å². The topological polar surface area (TPSA) is 21.8 Å². The molecule has 1 aromatic carbocycles. The fourth-order valence-electron chi connectivity index (χ4n) is 1.12. The molecule has 74 valence electrons. The van der Waals surface area contributed by atoms with Crippen molar-refractivity contribution >= 4 is 17.7 Å². The zero-order chi connectivity index (χ0) is 9.97. The highest BCUT2D eigenvalue weighted by molar-refractivity contribution is 6.32. The van der Waals surface area contributed by atoms with Gasteiger partial charge in [0.15, 0.2) is 0 Å². The maximum atomic E-state index is 5.98. The summed E-state index contributed by atoms with van der Waals surface area (Å²) >= 11 is 5.98. The summed E-state index contributed by atoms with van der Waals surface area (Å²) in [6.45, 7) is 5.07. The number of hydrogen-bond donors (Lipinski definition) is 0. The van der Waals surface area contributed by atoms with Crippen LogP contribution in [0.25, 0.3) is 6.08 Å². The van der Waals surface area contributed by atoms with E-state index >= 15 is 0 Å². The van der Waals surface area contributed by atoms with E-state index in [0.717, 1.165) is 17.9 Å². The second-order valence-corrected chi connectivity index (χ2v) is 3.56. The van der Waals surface area contributed by atoms with Gasteiger partial charge >= 0.3 is 0 Å². The molecular formula is C11H11ClO2. The fraction of sp³-hybridized carbons (Fsp3) is 0.273. The van der Waals surface area contributed by atoms with Crippen molar-refractivity contribution < 1.29 is 9.47 Å². The van der Waals surface area contributed by atoms with Gasteiger partial charge in [0, 0.05) is 0 Å². The Hall–Kier alpha value is -0.990. The first-order chi connectivity index (χ1) is 6.79. The van der Waals surface area contributed by atoms with E-state index in [2.05, 4.69) is 6.58 Å². The van der Waals surface area contributed by atoms with Gasteiger partial charge in [0.25, 0.3) is 0 Å². The van der Waals surface area contributed by atoms with Crippen LogP contribution in [-0.4, -0.2) is 19.3 Å². The summed E-state index contributed by atoms with van der Waals surface area (Å²) in [6, 6.07) is 5.56. The van der Waals surface area contributed by atoms with Gasteiger partial charge in [0.1, 0.15) is 18.5 Å². The predicted octanol–water partition coefficient (Wildman–Crippen LogP) is 2.76. The lowest BCUT2D eigenvalue weighted by atomic mass is 10.2. The third kappa shape index (κ3) is 2.28. The number of benzene rings is 1. The first kappa shape index (κ1) is 9.56. The lowest BCUT2D eigenvalue weighted by molar-refractivity contribution is 0.263. The Kier molecular flexibility index (Phi) is 2.75. The van der Waals surface area contributed by atoms with Gasteiger partial charge < -0.3 is 9.47 Å². The van der Waals surface area contributed by atoms with Crippen LogP contribution in [0, 0.1) is 0 Å². The maximum Gasteiger partial charge on any atom is 0.120 e. The first-order valence-corrected chi connectivity index (χ1v) is 4.84. The zero-order valence-electron chi connectivity index (χ0n) is 7.70. The average Bonchev–Trinajstić information content (AvgIpc) is 2.98. The van der Waals surface area contributed by atoms with Crippen LogP contribution in [-0.2, 0) is 4.74 Å². The van der Waals surface area contributed by atoms with Crippen LogP contribution in [0.15, 0.2) is 24.8 Å². The van der Waals surface area contributed by atoms with Gasteiger partial charge in [-0.2, -0.15) is 0 Å². The van der Waals surface area contributed by atoms with E-state index in [1.54, 1.807) is 12.1 Å². The third-order valence-electron chi connectivity index (χ3n) is 2.03. The Bertz CT molecular complexity index is 345. The van der Waals surface area contributed by atoms with Crippen LogP contribution in [0.5, 0.6) is 5.75 Å². The van der Waals surface area contributed by atoms with Crippen LogP contribution in [0.1, 0.15) is 5.56 Å². The molecule has 1 atom stereocenters. The van der Waals surface area contributed by atoms with Gasteiger partial charge in [-0.05, 0) is 23.8 Å². The molecule has 2 nitrogen and oxygen atoms in total. The van der Waals surface area contributed by atoms with Crippen molar-refractivity contribution in [1.29, 1.82) is 0 Å². The summed E-state index contributed by atoms with van der Waals surface area (Å²) in [5.41, 5.74) is 0.918. The zero-order valence-corrected chi connectivity index (χ0v) is 8.46. The number of halogens is 1. The maximum absolute atomic E-state index is 5.98. The molecule has 1 saturated heterocycles. The van der Waals surface area contributed by atoms with E-state index in [1.807, 2.05) is 12.1 Å². The van der Waals surface area contributed by atoms with Gasteiger partial charge in [0.2, 0.25) is 0 Å². The van der Waals surface area contributed by atoms with Crippen molar-refractivity contribution in [3.05, 3.63) is 35.4 Å². The second kappa shape index (κ2) is 4.03. The van der Waals surface area contributed by atoms with E-state index < -0.39 is 0 Å². The summed E-state index contributed by atoms with van der Waals surface area (Å²) in [5, 5.41) is 0.661. The number of hydrogen-bond acceptors (Lipinski definition) is 2. The molecule has 1 aliphatic heterocycles. The Balaban J connectivity index is 2.02. The van der Waals surface area contributed by atoms with E-state index in [1.165, 1.54) is 0 Å². The third-order valence-corrected chi connectivity index (χ3v) is 2.36. The molecule has 0 radical (unpaired) electrons. The minimum Gasteiger partial charge on any atom is -0.491 e. The molecule has 3 heteroatoms. The normalized spacial score (nSPS) is 19.1. The number of ether oxygens (including phenoxy) is 2. The summed E-state index contributed by atoms with van der Waals surface area (Å²) in [6.07, 6.45) is 1.99. The van der Waals surface area contributed by atoms with Gasteiger partial charge in [-0.15, -0.1) is 0 Å². The van der Waals surface area contributed by atoms with Crippen molar-refractivity contribution in [3.63, 3.8) is 0 Å². The molecule has 1 heterocycles. The Morgan fingerprint density at radius 2 is 2.43 bits per heavy atom. The van der Waals surface area contributed by atoms with Crippen LogP contribution in [0.2, 0.25) is 5.02 Å². The molecule has 0 aliphatic carbocycles. The highest BCUT2D eigenvalue weighted by Crippen LogP contribution is 2.24. The second-order valence-electron chi connectivity index (χ2n) is 3.15. The number of epoxide rings is 1. The summed E-state index contributed by atoms with van der Waals surface area (Å²) in [5.74, 6) is 0.774. The van der Waals surface area contributed by atoms with Crippen molar-refractivity contribution in [2.75, 3.05) is 13.2 Å². The van der Waals surface area contributed by atoms with Crippen LogP contribution < -0.4 is 4.74 Å². The molecule has 0 aromatic heterocycles. The average molecular weight is 211 g/mol. The van der Waals surface area contributed by atoms with Crippen LogP contribution >= 0.6 is 11.6 Å². The monoisotopic (exact) mass is 210 g/mol. The fourth-order valence-corrected chi connectivity index (χ4v) is 1.36. The lowest BCUT2D eigenvalue weighted by Gasteiger charge is -2.05. The molecule has 1 aliphatic rings. The molecule has 1 fully saturated rings. The van der Waals surface area contributed by atoms with Crippen LogP contribution in [0.3, 0.4) is 0 Å². The molecule has 0 bridgehead atoms. The molecule has 0 amide bonds. The van der Waals surface area contributed by atoms with Crippen molar-refractivity contribution in [2.24, 2.45) is 0 Å². The minimum atomic E-state index is 0.271. The SMILES string of the molecule is C=Cc1ccc(OCC2CO2)cc1Cl. The van der Waals surface area contributed by atoms with E-state index in [9.17, 15) is 0 Å². The standard InChI is InChI=1S/C11H11ClO2/c1-2-8-3-4-9(5-11(8)12)13-6-10-7-14-10/h2-5,10H,1,6-7H2. The Labute approximate surface area is 88.1 Å². The van der Waals surface area contributed by atoms with Gasteiger partial charge in [-0.3, -0.25) is 0 Å². The Morgan fingerprint density at radius 1 is 1.64 bits per heavy atom. The van der Waals surface area contributed by atoms with Gasteiger partial charge in [-0.25, -0.2) is 0 Å². The summed E-state index contributed by atoms with van der Waals surface area (Å²) in [7, 11) is 0. The van der Waals surface area contributed by atoms with Gasteiger partial charge in [-0.1, -0.05) is 24.3 Å². The summed E-state index contributed by atoms with van der Waals surface area (Å²) < 4.78 is 10.5. The molecule has 0 saturated carbocycles. The highest BCUT2D eigenvalue weighted by atomic mass is 35.5. The van der Waals surface area contributed by atoms with Crippen molar-refractivity contribution in [1.82, 2.24) is 0 Å². The molecule has 14 heavy (non-hydrogen) atoms. The van der Waals surface area contributed by atoms with E-state index in [4.69, 9.17) is 21.1 Å². The Morgan fingerprint density at radius 3 is 3.00 bits per heavy atom. The van der Waals surface area contributed by atoms with Crippen molar-refractivity contribution in [2.45, 2.75) is 6.10 Å². The smallest absolute Gasteiger partial charge is 0.120 e. The molecule has 1 aromatic rings. The number of rotatable bonds is 4. The molecule has 2 rings (SSSR count). The molecular weight excluding hydrogens is 200 g/mol. The lowest BCUT2D eigenvalue weighted by Crippen LogP contribution is -2.03. The largest absolute Gasteiger partial charge is 0.491 e.